The van der Waals surface area contributed by atoms with Crippen molar-refractivity contribution in [3.8, 4) is 0 Å². The summed E-state index contributed by atoms with van der Waals surface area (Å²) in [7, 11) is 0. The van der Waals surface area contributed by atoms with Crippen LogP contribution in [-0.4, -0.2) is 10.0 Å². The standard InChI is InChI=1S/C7H4ClFN2/c8-6-2-1-3-7-5(6)4-10-11(7)9/h1-4H. The minimum Gasteiger partial charge on any atom is -0.150 e. The lowest BCUT2D eigenvalue weighted by Crippen LogP contribution is -1.81. The summed E-state index contributed by atoms with van der Waals surface area (Å²) in [6.07, 6.45) is 1.40. The molecule has 0 fully saturated rings. The number of nitrogens with zero attached hydrogens (tertiary/aromatic N) is 2. The maximum absolute atomic E-state index is 12.7. The van der Waals surface area contributed by atoms with E-state index in [9.17, 15) is 4.48 Å². The van der Waals surface area contributed by atoms with Crippen LogP contribution in [0.25, 0.3) is 10.9 Å². The minimum absolute atomic E-state index is 0.307. The van der Waals surface area contributed by atoms with Gasteiger partial charge in [0.15, 0.2) is 0 Å². The second kappa shape index (κ2) is 2.20. The van der Waals surface area contributed by atoms with Crippen LogP contribution in [-0.2, 0) is 0 Å². The molecule has 1 aromatic carbocycles. The first kappa shape index (κ1) is 6.61. The molecule has 11 heavy (non-hydrogen) atoms. The van der Waals surface area contributed by atoms with Crippen molar-refractivity contribution in [3.63, 3.8) is 0 Å². The monoisotopic (exact) mass is 170 g/mol. The summed E-state index contributed by atoms with van der Waals surface area (Å²) in [4.78, 5) is 0.307. The van der Waals surface area contributed by atoms with Crippen LogP contribution in [0.3, 0.4) is 0 Å². The molecule has 0 bridgehead atoms. The molecule has 0 aliphatic heterocycles. The Bertz CT molecular complexity index is 396. The highest BCUT2D eigenvalue weighted by molar-refractivity contribution is 6.35. The normalized spacial score (nSPS) is 10.7. The van der Waals surface area contributed by atoms with E-state index in [0.29, 0.717) is 20.8 Å². The molecule has 0 unspecified atom stereocenters. The summed E-state index contributed by atoms with van der Waals surface area (Å²) < 4.78 is 12.7. The second-order valence-corrected chi connectivity index (χ2v) is 2.58. The number of hydrogen-bond donors (Lipinski definition) is 0. The van der Waals surface area contributed by atoms with Crippen LogP contribution in [0.2, 0.25) is 5.02 Å². The zero-order valence-electron chi connectivity index (χ0n) is 5.46. The van der Waals surface area contributed by atoms with Crippen molar-refractivity contribution in [2.24, 2.45) is 0 Å². The molecule has 0 spiro atoms. The highest BCUT2D eigenvalue weighted by atomic mass is 35.5. The molecule has 0 atom stereocenters. The van der Waals surface area contributed by atoms with E-state index in [2.05, 4.69) is 5.10 Å². The van der Waals surface area contributed by atoms with Crippen LogP contribution < -0.4 is 0 Å². The van der Waals surface area contributed by atoms with E-state index >= 15 is 0 Å². The quantitative estimate of drug-likeness (QED) is 0.594. The van der Waals surface area contributed by atoms with Crippen molar-refractivity contribution in [1.82, 2.24) is 10.0 Å². The Morgan fingerprint density at radius 2 is 2.27 bits per heavy atom. The summed E-state index contributed by atoms with van der Waals surface area (Å²) in [6.45, 7) is 0. The third-order valence-electron chi connectivity index (χ3n) is 1.52. The van der Waals surface area contributed by atoms with Gasteiger partial charge in [-0.1, -0.05) is 27.1 Å². The van der Waals surface area contributed by atoms with Gasteiger partial charge in [-0.2, -0.15) is 0 Å². The minimum atomic E-state index is 0.307. The number of aromatic nitrogens is 2. The molecule has 1 aromatic heterocycles. The van der Waals surface area contributed by atoms with Crippen LogP contribution in [0.5, 0.6) is 0 Å². The Balaban J connectivity index is 2.94. The molecule has 2 aromatic rings. The van der Waals surface area contributed by atoms with Gasteiger partial charge in [-0.3, -0.25) is 0 Å². The lowest BCUT2D eigenvalue weighted by Gasteiger charge is -1.90. The van der Waals surface area contributed by atoms with E-state index in [0.717, 1.165) is 0 Å². The van der Waals surface area contributed by atoms with Crippen molar-refractivity contribution in [2.45, 2.75) is 0 Å². The maximum atomic E-state index is 12.7. The third-order valence-corrected chi connectivity index (χ3v) is 1.85. The molecule has 0 saturated carbocycles. The van der Waals surface area contributed by atoms with Crippen molar-refractivity contribution < 1.29 is 4.48 Å². The van der Waals surface area contributed by atoms with Gasteiger partial charge >= 0.3 is 0 Å². The molecule has 0 aliphatic rings. The number of halogens is 2. The molecule has 0 N–H and O–H groups in total. The Labute approximate surface area is 67.1 Å². The third kappa shape index (κ3) is 0.886. The van der Waals surface area contributed by atoms with Gasteiger partial charge in [0, 0.05) is 5.39 Å². The number of rotatable bonds is 0. The average Bonchev–Trinajstić information content (AvgIpc) is 2.35. The smallest absolute Gasteiger partial charge is 0.106 e. The Kier molecular flexibility index (Phi) is 1.32. The molecule has 4 heteroatoms. The fourth-order valence-corrected chi connectivity index (χ4v) is 1.20. The predicted octanol–water partition coefficient (Wildman–Crippen LogP) is 2.42. The molecule has 2 nitrogen and oxygen atoms in total. The van der Waals surface area contributed by atoms with Crippen molar-refractivity contribution >= 4 is 22.5 Å². The van der Waals surface area contributed by atoms with Crippen LogP contribution in [0.1, 0.15) is 0 Å². The summed E-state index contributed by atoms with van der Waals surface area (Å²) in [6, 6.07) is 5.00. The predicted molar refractivity (Wildman–Crippen MR) is 41.2 cm³/mol. The lowest BCUT2D eigenvalue weighted by atomic mass is 10.3. The van der Waals surface area contributed by atoms with E-state index in [1.54, 1.807) is 18.2 Å². The van der Waals surface area contributed by atoms with E-state index in [1.807, 2.05) is 0 Å². The second-order valence-electron chi connectivity index (χ2n) is 2.18. The van der Waals surface area contributed by atoms with Crippen molar-refractivity contribution in [1.29, 1.82) is 0 Å². The van der Waals surface area contributed by atoms with Gasteiger partial charge < -0.3 is 0 Å². The zero-order valence-corrected chi connectivity index (χ0v) is 6.22. The number of hydrogen-bond acceptors (Lipinski definition) is 1. The van der Waals surface area contributed by atoms with Gasteiger partial charge in [-0.05, 0) is 12.1 Å². The van der Waals surface area contributed by atoms with E-state index in [1.165, 1.54) is 6.20 Å². The topological polar surface area (TPSA) is 17.8 Å². The first-order chi connectivity index (χ1) is 5.29. The zero-order chi connectivity index (χ0) is 7.84. The van der Waals surface area contributed by atoms with E-state index in [-0.39, 0.29) is 0 Å². The Morgan fingerprint density at radius 1 is 1.45 bits per heavy atom. The SMILES string of the molecule is Fn1ncc2c(Cl)cccc21. The van der Waals surface area contributed by atoms with Crippen molar-refractivity contribution in [2.75, 3.05) is 0 Å². The summed E-state index contributed by atoms with van der Waals surface area (Å²) in [5, 5.41) is 4.58. The van der Waals surface area contributed by atoms with Gasteiger partial charge in [0.1, 0.15) is 5.52 Å². The first-order valence-electron chi connectivity index (χ1n) is 3.07. The van der Waals surface area contributed by atoms with Gasteiger partial charge in [-0.15, -0.1) is 5.10 Å². The van der Waals surface area contributed by atoms with Crippen molar-refractivity contribution in [3.05, 3.63) is 29.4 Å². The van der Waals surface area contributed by atoms with Gasteiger partial charge in [0.2, 0.25) is 0 Å². The maximum Gasteiger partial charge on any atom is 0.106 e. The highest BCUT2D eigenvalue weighted by Crippen LogP contribution is 2.22. The van der Waals surface area contributed by atoms with E-state index in [4.69, 9.17) is 11.6 Å². The number of fused-ring (bicyclic) bond motifs is 1. The Morgan fingerprint density at radius 3 is 3.00 bits per heavy atom. The van der Waals surface area contributed by atoms with Crippen LogP contribution in [0, 0.1) is 0 Å². The first-order valence-corrected chi connectivity index (χ1v) is 3.45. The molecule has 0 aliphatic carbocycles. The lowest BCUT2D eigenvalue weighted by molar-refractivity contribution is 0.332. The van der Waals surface area contributed by atoms with Crippen LogP contribution >= 0.6 is 11.6 Å². The molecular weight excluding hydrogens is 167 g/mol. The molecule has 56 valence electrons. The highest BCUT2D eigenvalue weighted by Gasteiger charge is 2.03. The van der Waals surface area contributed by atoms with Crippen LogP contribution in [0.15, 0.2) is 24.4 Å². The molecule has 0 amide bonds. The van der Waals surface area contributed by atoms with Gasteiger partial charge in [0.05, 0.1) is 11.2 Å². The van der Waals surface area contributed by atoms with Crippen LogP contribution in [0.4, 0.5) is 4.48 Å². The Hall–Kier alpha value is -1.09. The van der Waals surface area contributed by atoms with Gasteiger partial charge in [-0.25, -0.2) is 0 Å². The molecule has 2 rings (SSSR count). The fraction of sp³-hybridized carbons (Fsp3) is 0. The summed E-state index contributed by atoms with van der Waals surface area (Å²) in [5.41, 5.74) is 0.400. The van der Waals surface area contributed by atoms with E-state index < -0.39 is 0 Å². The summed E-state index contributed by atoms with van der Waals surface area (Å²) in [5.74, 6) is 0. The summed E-state index contributed by atoms with van der Waals surface area (Å²) >= 11 is 5.75. The largest absolute Gasteiger partial charge is 0.150 e. The fourth-order valence-electron chi connectivity index (χ4n) is 0.985. The average molecular weight is 171 g/mol. The molecule has 0 saturated heterocycles. The molecule has 0 radical (unpaired) electrons. The number of benzene rings is 1. The molecular formula is C7H4ClFN2. The van der Waals surface area contributed by atoms with Gasteiger partial charge in [0.25, 0.3) is 0 Å². The molecule has 1 heterocycles.